The summed E-state index contributed by atoms with van der Waals surface area (Å²) in [6.45, 7) is 8.76. The number of para-hydroxylation sites is 2. The molecule has 0 bridgehead atoms. The van der Waals surface area contributed by atoms with Gasteiger partial charge in [-0.05, 0) is 41.9 Å². The van der Waals surface area contributed by atoms with Gasteiger partial charge in [0.05, 0.1) is 36.5 Å². The summed E-state index contributed by atoms with van der Waals surface area (Å²) < 4.78 is 14.4. The number of halogens is 1. The second-order valence-corrected chi connectivity index (χ2v) is 8.64. The normalized spacial score (nSPS) is 22.6. The summed E-state index contributed by atoms with van der Waals surface area (Å²) in [6, 6.07) is 8.04. The van der Waals surface area contributed by atoms with E-state index in [1.807, 2.05) is 28.8 Å². The van der Waals surface area contributed by atoms with Gasteiger partial charge in [-0.25, -0.2) is 4.98 Å². The Balaban J connectivity index is 1.65. The van der Waals surface area contributed by atoms with E-state index in [1.54, 1.807) is 6.33 Å². The molecule has 2 unspecified atom stereocenters. The standard InChI is InChI=1S/C21H25BrN6O2/c1-14-11-27(12-15(2)30-14)20-18(22)19(26-7-9-29-10-8-26)24-21(25-20)28-13-23-16-5-3-4-6-17(16)28/h3-6,13-15H,7-12H2,1-2H3. The molecule has 1 aromatic carbocycles. The molecule has 4 heterocycles. The highest BCUT2D eigenvalue weighted by molar-refractivity contribution is 9.10. The predicted octanol–water partition coefficient (Wildman–Crippen LogP) is 3.03. The van der Waals surface area contributed by atoms with Gasteiger partial charge in [-0.2, -0.15) is 9.97 Å². The summed E-state index contributed by atoms with van der Waals surface area (Å²) in [6.07, 6.45) is 2.07. The molecule has 9 heteroatoms. The van der Waals surface area contributed by atoms with Crippen LogP contribution in [-0.2, 0) is 9.47 Å². The van der Waals surface area contributed by atoms with Crippen LogP contribution in [0.1, 0.15) is 13.8 Å². The Bertz CT molecular complexity index is 1040. The van der Waals surface area contributed by atoms with Gasteiger partial charge in [0.1, 0.15) is 10.8 Å². The highest BCUT2D eigenvalue weighted by Crippen LogP contribution is 2.35. The van der Waals surface area contributed by atoms with Crippen molar-refractivity contribution in [3.05, 3.63) is 35.1 Å². The van der Waals surface area contributed by atoms with E-state index in [2.05, 4.69) is 44.6 Å². The van der Waals surface area contributed by atoms with Crippen LogP contribution in [0.25, 0.3) is 17.0 Å². The van der Waals surface area contributed by atoms with Gasteiger partial charge in [0.2, 0.25) is 5.95 Å². The van der Waals surface area contributed by atoms with Crippen molar-refractivity contribution in [3.8, 4) is 5.95 Å². The molecule has 8 nitrogen and oxygen atoms in total. The number of benzene rings is 1. The number of imidazole rings is 1. The first kappa shape index (κ1) is 19.7. The van der Waals surface area contributed by atoms with Crippen LogP contribution in [0.3, 0.4) is 0 Å². The number of anilines is 2. The van der Waals surface area contributed by atoms with E-state index in [1.165, 1.54) is 0 Å². The largest absolute Gasteiger partial charge is 0.378 e. The molecule has 30 heavy (non-hydrogen) atoms. The Morgan fingerprint density at radius 2 is 1.63 bits per heavy atom. The molecule has 0 saturated carbocycles. The lowest BCUT2D eigenvalue weighted by Crippen LogP contribution is -2.46. The highest BCUT2D eigenvalue weighted by atomic mass is 79.9. The van der Waals surface area contributed by atoms with Crippen LogP contribution in [0.15, 0.2) is 35.1 Å². The lowest BCUT2D eigenvalue weighted by molar-refractivity contribution is -0.00550. The van der Waals surface area contributed by atoms with Crippen LogP contribution in [0, 0.1) is 0 Å². The minimum atomic E-state index is 0.139. The fourth-order valence-corrected chi connectivity index (χ4v) is 4.86. The summed E-state index contributed by atoms with van der Waals surface area (Å²) >= 11 is 3.82. The van der Waals surface area contributed by atoms with Crippen molar-refractivity contribution in [1.82, 2.24) is 19.5 Å². The average Bonchev–Trinajstić information content (AvgIpc) is 3.18. The van der Waals surface area contributed by atoms with Crippen molar-refractivity contribution < 1.29 is 9.47 Å². The highest BCUT2D eigenvalue weighted by Gasteiger charge is 2.28. The molecule has 2 aliphatic rings. The van der Waals surface area contributed by atoms with E-state index in [4.69, 9.17) is 19.4 Å². The lowest BCUT2D eigenvalue weighted by atomic mass is 10.2. The van der Waals surface area contributed by atoms with Crippen LogP contribution in [-0.4, -0.2) is 71.1 Å². The van der Waals surface area contributed by atoms with Gasteiger partial charge >= 0.3 is 0 Å². The van der Waals surface area contributed by atoms with Crippen LogP contribution in [0.2, 0.25) is 0 Å². The number of rotatable bonds is 3. The first-order valence-electron chi connectivity index (χ1n) is 10.3. The number of ether oxygens (including phenoxy) is 2. The van der Waals surface area contributed by atoms with Crippen molar-refractivity contribution in [2.24, 2.45) is 0 Å². The molecule has 0 radical (unpaired) electrons. The molecular weight excluding hydrogens is 448 g/mol. The average molecular weight is 473 g/mol. The number of nitrogens with zero attached hydrogens (tertiary/aromatic N) is 6. The second-order valence-electron chi connectivity index (χ2n) is 7.85. The third kappa shape index (κ3) is 3.66. The van der Waals surface area contributed by atoms with E-state index in [0.717, 1.165) is 53.3 Å². The summed E-state index contributed by atoms with van der Waals surface area (Å²) in [7, 11) is 0. The Morgan fingerprint density at radius 1 is 0.967 bits per heavy atom. The van der Waals surface area contributed by atoms with Crippen molar-refractivity contribution >= 4 is 38.6 Å². The number of hydrogen-bond donors (Lipinski definition) is 0. The molecule has 2 aromatic heterocycles. The molecule has 3 aromatic rings. The summed E-state index contributed by atoms with van der Waals surface area (Å²) in [5, 5.41) is 0. The van der Waals surface area contributed by atoms with E-state index >= 15 is 0 Å². The van der Waals surface area contributed by atoms with Gasteiger partial charge in [-0.1, -0.05) is 12.1 Å². The lowest BCUT2D eigenvalue weighted by Gasteiger charge is -2.37. The minimum absolute atomic E-state index is 0.139. The molecule has 2 aliphatic heterocycles. The first-order chi connectivity index (χ1) is 14.6. The number of morpholine rings is 2. The predicted molar refractivity (Wildman–Crippen MR) is 120 cm³/mol. The molecule has 5 rings (SSSR count). The second kappa shape index (κ2) is 8.13. The molecule has 0 N–H and O–H groups in total. The monoisotopic (exact) mass is 472 g/mol. The zero-order valence-corrected chi connectivity index (χ0v) is 18.7. The van der Waals surface area contributed by atoms with Crippen molar-refractivity contribution in [2.45, 2.75) is 26.1 Å². The smallest absolute Gasteiger partial charge is 0.239 e. The molecule has 0 aliphatic carbocycles. The Labute approximate surface area is 184 Å². The topological polar surface area (TPSA) is 68.5 Å². The summed E-state index contributed by atoms with van der Waals surface area (Å²) in [5.41, 5.74) is 1.91. The molecule has 2 fully saturated rings. The number of hydrogen-bond acceptors (Lipinski definition) is 7. The van der Waals surface area contributed by atoms with Crippen LogP contribution >= 0.6 is 15.9 Å². The molecular formula is C21H25BrN6O2. The third-order valence-corrected chi connectivity index (χ3v) is 6.21. The van der Waals surface area contributed by atoms with Crippen LogP contribution < -0.4 is 9.80 Å². The summed E-state index contributed by atoms with van der Waals surface area (Å²) in [4.78, 5) is 19.0. The maximum atomic E-state index is 5.94. The van der Waals surface area contributed by atoms with Crippen molar-refractivity contribution in [3.63, 3.8) is 0 Å². The Morgan fingerprint density at radius 3 is 2.37 bits per heavy atom. The fraction of sp³-hybridized carbons (Fsp3) is 0.476. The molecule has 2 atom stereocenters. The fourth-order valence-electron chi connectivity index (χ4n) is 4.18. The van der Waals surface area contributed by atoms with E-state index in [0.29, 0.717) is 19.2 Å². The SMILES string of the molecule is CC1CN(c2nc(-n3cnc4ccccc43)nc(N3CCOCC3)c2Br)CC(C)O1. The number of aromatic nitrogens is 4. The molecule has 0 amide bonds. The first-order valence-corrected chi connectivity index (χ1v) is 11.1. The van der Waals surface area contributed by atoms with E-state index in [-0.39, 0.29) is 12.2 Å². The van der Waals surface area contributed by atoms with Gasteiger partial charge in [0, 0.05) is 26.2 Å². The van der Waals surface area contributed by atoms with Crippen molar-refractivity contribution in [2.75, 3.05) is 49.2 Å². The Hall–Kier alpha value is -2.23. The zero-order chi connectivity index (χ0) is 20.7. The third-order valence-electron chi connectivity index (χ3n) is 5.50. The Kier molecular flexibility index (Phi) is 5.34. The maximum Gasteiger partial charge on any atom is 0.239 e. The van der Waals surface area contributed by atoms with Crippen molar-refractivity contribution in [1.29, 1.82) is 0 Å². The molecule has 158 valence electrons. The zero-order valence-electron chi connectivity index (χ0n) is 17.2. The quantitative estimate of drug-likeness (QED) is 0.580. The van der Waals surface area contributed by atoms with Gasteiger partial charge in [0.25, 0.3) is 0 Å². The van der Waals surface area contributed by atoms with E-state index in [9.17, 15) is 0 Å². The minimum Gasteiger partial charge on any atom is -0.378 e. The van der Waals surface area contributed by atoms with Gasteiger partial charge in [-0.15, -0.1) is 0 Å². The van der Waals surface area contributed by atoms with Crippen LogP contribution in [0.4, 0.5) is 11.6 Å². The van der Waals surface area contributed by atoms with Crippen LogP contribution in [0.5, 0.6) is 0 Å². The van der Waals surface area contributed by atoms with Gasteiger partial charge in [0.15, 0.2) is 11.6 Å². The van der Waals surface area contributed by atoms with E-state index < -0.39 is 0 Å². The molecule has 0 spiro atoms. The number of fused-ring (bicyclic) bond motifs is 1. The maximum absolute atomic E-state index is 5.94. The van der Waals surface area contributed by atoms with Gasteiger partial charge < -0.3 is 19.3 Å². The summed E-state index contributed by atoms with van der Waals surface area (Å²) in [5.74, 6) is 2.40. The molecule has 2 saturated heterocycles. The van der Waals surface area contributed by atoms with Gasteiger partial charge in [-0.3, -0.25) is 4.57 Å².